The molecular weight excluding hydrogens is 255 g/mol. The highest BCUT2D eigenvalue weighted by atomic mass is 19.1. The van der Waals surface area contributed by atoms with Gasteiger partial charge >= 0.3 is 0 Å². The Hall–Kier alpha value is -2.10. The van der Waals surface area contributed by atoms with Gasteiger partial charge in [0.25, 0.3) is 5.91 Å². The first kappa shape index (κ1) is 12.9. The summed E-state index contributed by atoms with van der Waals surface area (Å²) in [7, 11) is 1.87. The van der Waals surface area contributed by atoms with E-state index in [1.807, 2.05) is 34.8 Å². The molecule has 4 heteroatoms. The predicted molar refractivity (Wildman–Crippen MR) is 74.8 cm³/mol. The summed E-state index contributed by atoms with van der Waals surface area (Å²) in [6.45, 7) is 0.756. The van der Waals surface area contributed by atoms with Crippen molar-refractivity contribution < 1.29 is 9.18 Å². The Morgan fingerprint density at radius 3 is 2.65 bits per heavy atom. The second-order valence-electron chi connectivity index (χ2n) is 5.21. The minimum atomic E-state index is -0.243. The summed E-state index contributed by atoms with van der Waals surface area (Å²) in [4.78, 5) is 14.5. The number of hydrogen-bond donors (Lipinski definition) is 0. The van der Waals surface area contributed by atoms with Gasteiger partial charge in [0.1, 0.15) is 11.5 Å². The van der Waals surface area contributed by atoms with Crippen LogP contribution in [0.25, 0.3) is 0 Å². The van der Waals surface area contributed by atoms with E-state index in [0.717, 1.165) is 24.9 Å². The Morgan fingerprint density at radius 2 is 2.00 bits per heavy atom. The molecule has 1 aliphatic heterocycles. The van der Waals surface area contributed by atoms with E-state index in [2.05, 4.69) is 0 Å². The van der Waals surface area contributed by atoms with E-state index in [4.69, 9.17) is 0 Å². The van der Waals surface area contributed by atoms with Crippen molar-refractivity contribution in [3.05, 3.63) is 59.7 Å². The summed E-state index contributed by atoms with van der Waals surface area (Å²) < 4.78 is 14.9. The van der Waals surface area contributed by atoms with E-state index in [1.165, 1.54) is 12.1 Å². The fourth-order valence-corrected chi connectivity index (χ4v) is 2.87. The van der Waals surface area contributed by atoms with Crippen molar-refractivity contribution in [2.45, 2.75) is 18.9 Å². The number of halogens is 1. The minimum Gasteiger partial charge on any atom is -0.347 e. The molecule has 20 heavy (non-hydrogen) atoms. The first-order valence-corrected chi connectivity index (χ1v) is 6.84. The molecule has 1 aliphatic rings. The number of rotatable bonds is 2. The largest absolute Gasteiger partial charge is 0.347 e. The average Bonchev–Trinajstić information content (AvgIpc) is 3.07. The van der Waals surface area contributed by atoms with Crippen LogP contribution >= 0.6 is 0 Å². The van der Waals surface area contributed by atoms with Crippen molar-refractivity contribution in [3.8, 4) is 0 Å². The van der Waals surface area contributed by atoms with E-state index in [1.54, 1.807) is 12.1 Å². The third-order valence-corrected chi connectivity index (χ3v) is 3.93. The number of benzene rings is 1. The molecule has 104 valence electrons. The van der Waals surface area contributed by atoms with Gasteiger partial charge in [0.2, 0.25) is 0 Å². The predicted octanol–water partition coefficient (Wildman–Crippen LogP) is 3.14. The number of amides is 1. The van der Waals surface area contributed by atoms with Crippen LogP contribution in [-0.2, 0) is 7.05 Å². The highest BCUT2D eigenvalue weighted by Gasteiger charge is 2.31. The lowest BCUT2D eigenvalue weighted by atomic mass is 10.0. The minimum absolute atomic E-state index is 0.0457. The molecule has 0 saturated carbocycles. The molecule has 1 fully saturated rings. The number of carbonyl (C=O) groups is 1. The molecule has 3 rings (SSSR count). The number of nitrogens with zero attached hydrogens (tertiary/aromatic N) is 2. The van der Waals surface area contributed by atoms with Crippen LogP contribution in [0.5, 0.6) is 0 Å². The molecule has 1 amide bonds. The highest BCUT2D eigenvalue weighted by molar-refractivity contribution is 5.93. The molecule has 1 atom stereocenters. The Labute approximate surface area is 117 Å². The summed E-state index contributed by atoms with van der Waals surface area (Å²) in [5.74, 6) is -0.198. The molecule has 0 aliphatic carbocycles. The van der Waals surface area contributed by atoms with Crippen molar-refractivity contribution >= 4 is 5.91 Å². The normalized spacial score (nSPS) is 18.5. The number of aromatic nitrogens is 1. The van der Waals surface area contributed by atoms with Gasteiger partial charge in [-0.25, -0.2) is 4.39 Å². The van der Waals surface area contributed by atoms with Crippen LogP contribution in [0, 0.1) is 5.82 Å². The number of hydrogen-bond acceptors (Lipinski definition) is 1. The van der Waals surface area contributed by atoms with Crippen LogP contribution in [-0.4, -0.2) is 21.9 Å². The quantitative estimate of drug-likeness (QED) is 0.824. The van der Waals surface area contributed by atoms with Crippen LogP contribution in [0.2, 0.25) is 0 Å². The maximum atomic E-state index is 13.0. The summed E-state index contributed by atoms with van der Waals surface area (Å²) >= 11 is 0. The zero-order valence-electron chi connectivity index (χ0n) is 11.4. The number of aryl methyl sites for hydroxylation is 1. The fourth-order valence-electron chi connectivity index (χ4n) is 2.87. The second-order valence-corrected chi connectivity index (χ2v) is 5.21. The van der Waals surface area contributed by atoms with Gasteiger partial charge in [0, 0.05) is 19.8 Å². The maximum absolute atomic E-state index is 13.0. The molecule has 2 heterocycles. The standard InChI is InChI=1S/C16H17FN2O/c1-18-10-2-5-15(18)16(20)19-11-3-4-14(19)12-6-8-13(17)9-7-12/h2,5-10,14H,3-4,11H2,1H3/t14-/m1/s1. The van der Waals surface area contributed by atoms with Crippen molar-refractivity contribution in [1.29, 1.82) is 0 Å². The molecular formula is C16H17FN2O. The fraction of sp³-hybridized carbons (Fsp3) is 0.312. The van der Waals surface area contributed by atoms with E-state index in [0.29, 0.717) is 5.69 Å². The monoisotopic (exact) mass is 272 g/mol. The molecule has 3 nitrogen and oxygen atoms in total. The van der Waals surface area contributed by atoms with Gasteiger partial charge in [-0.1, -0.05) is 12.1 Å². The first-order chi connectivity index (χ1) is 9.66. The SMILES string of the molecule is Cn1cccc1C(=O)N1CCC[C@@H]1c1ccc(F)cc1. The van der Waals surface area contributed by atoms with Gasteiger partial charge in [-0.2, -0.15) is 0 Å². The summed E-state index contributed by atoms with van der Waals surface area (Å²) in [6.07, 6.45) is 3.79. The maximum Gasteiger partial charge on any atom is 0.270 e. The van der Waals surface area contributed by atoms with Crippen LogP contribution in [0.15, 0.2) is 42.6 Å². The first-order valence-electron chi connectivity index (χ1n) is 6.84. The second kappa shape index (κ2) is 5.12. The van der Waals surface area contributed by atoms with Crippen LogP contribution in [0.1, 0.15) is 34.9 Å². The van der Waals surface area contributed by atoms with Crippen molar-refractivity contribution in [2.75, 3.05) is 6.54 Å². The third kappa shape index (κ3) is 2.22. The van der Waals surface area contributed by atoms with E-state index in [-0.39, 0.29) is 17.8 Å². The Balaban J connectivity index is 1.87. The lowest BCUT2D eigenvalue weighted by Crippen LogP contribution is -2.31. The molecule has 0 N–H and O–H groups in total. The summed E-state index contributed by atoms with van der Waals surface area (Å²) in [5.41, 5.74) is 1.70. The zero-order valence-corrected chi connectivity index (χ0v) is 11.4. The number of carbonyl (C=O) groups excluding carboxylic acids is 1. The van der Waals surface area contributed by atoms with Crippen molar-refractivity contribution in [2.24, 2.45) is 7.05 Å². The van der Waals surface area contributed by atoms with Gasteiger partial charge in [0.15, 0.2) is 0 Å². The summed E-state index contributed by atoms with van der Waals surface area (Å²) in [5, 5.41) is 0. The molecule has 0 bridgehead atoms. The van der Waals surface area contributed by atoms with Gasteiger partial charge < -0.3 is 9.47 Å². The van der Waals surface area contributed by atoms with E-state index in [9.17, 15) is 9.18 Å². The molecule has 1 aromatic carbocycles. The Kier molecular flexibility index (Phi) is 3.30. The Bertz CT molecular complexity index is 618. The molecule has 2 aromatic rings. The van der Waals surface area contributed by atoms with E-state index < -0.39 is 0 Å². The number of likely N-dealkylation sites (tertiary alicyclic amines) is 1. The van der Waals surface area contributed by atoms with Crippen LogP contribution in [0.3, 0.4) is 0 Å². The lowest BCUT2D eigenvalue weighted by molar-refractivity contribution is 0.0726. The topological polar surface area (TPSA) is 25.2 Å². The van der Waals surface area contributed by atoms with Gasteiger partial charge in [0.05, 0.1) is 6.04 Å². The third-order valence-electron chi connectivity index (χ3n) is 3.93. The zero-order chi connectivity index (χ0) is 14.1. The van der Waals surface area contributed by atoms with Gasteiger partial charge in [-0.05, 0) is 42.7 Å². The average molecular weight is 272 g/mol. The smallest absolute Gasteiger partial charge is 0.270 e. The van der Waals surface area contributed by atoms with Crippen molar-refractivity contribution in [1.82, 2.24) is 9.47 Å². The van der Waals surface area contributed by atoms with Crippen molar-refractivity contribution in [3.63, 3.8) is 0 Å². The molecule has 1 aromatic heterocycles. The van der Waals surface area contributed by atoms with Gasteiger partial charge in [-0.3, -0.25) is 4.79 Å². The molecule has 0 spiro atoms. The highest BCUT2D eigenvalue weighted by Crippen LogP contribution is 2.33. The van der Waals surface area contributed by atoms with Crippen LogP contribution < -0.4 is 0 Å². The summed E-state index contributed by atoms with van der Waals surface area (Å²) in [6, 6.07) is 10.2. The molecule has 1 saturated heterocycles. The van der Waals surface area contributed by atoms with E-state index >= 15 is 0 Å². The Morgan fingerprint density at radius 1 is 1.25 bits per heavy atom. The molecule has 0 unspecified atom stereocenters. The van der Waals surface area contributed by atoms with Gasteiger partial charge in [-0.15, -0.1) is 0 Å². The lowest BCUT2D eigenvalue weighted by Gasteiger charge is -2.25. The molecule has 0 radical (unpaired) electrons. The van der Waals surface area contributed by atoms with Crippen LogP contribution in [0.4, 0.5) is 4.39 Å².